The molecule has 0 atom stereocenters. The predicted molar refractivity (Wildman–Crippen MR) is 128 cm³/mol. The molecule has 2 aromatic carbocycles. The van der Waals surface area contributed by atoms with Gasteiger partial charge in [0.25, 0.3) is 11.6 Å². The lowest BCUT2D eigenvalue weighted by atomic mass is 9.89. The van der Waals surface area contributed by atoms with E-state index in [1.165, 1.54) is 17.7 Å². The number of hydrogen-bond acceptors (Lipinski definition) is 6. The topological polar surface area (TPSA) is 88.0 Å². The van der Waals surface area contributed by atoms with E-state index in [0.29, 0.717) is 31.2 Å². The number of anilines is 1. The van der Waals surface area contributed by atoms with Gasteiger partial charge in [-0.3, -0.25) is 19.8 Å². The van der Waals surface area contributed by atoms with Crippen molar-refractivity contribution < 1.29 is 14.5 Å². The standard InChI is InChI=1S/C25H32N4O4/c30-25(26-10-13-27-14-16-33-17-15-27)23-19-22(29(31)32)6-7-24(23)28-11-8-21(9-12-28)18-20-4-2-1-3-5-20/h1-7,19,21H,8-18H2,(H,26,30). The molecule has 1 amide bonds. The number of amides is 1. The predicted octanol–water partition coefficient (Wildman–Crippen LogP) is 3.12. The van der Waals surface area contributed by atoms with Gasteiger partial charge in [0, 0.05) is 51.4 Å². The quantitative estimate of drug-likeness (QED) is 0.489. The first-order valence-electron chi connectivity index (χ1n) is 11.8. The molecule has 8 nitrogen and oxygen atoms in total. The minimum Gasteiger partial charge on any atom is -0.379 e. The van der Waals surface area contributed by atoms with Crippen LogP contribution in [0.3, 0.4) is 0 Å². The molecule has 176 valence electrons. The number of nitro benzene ring substituents is 1. The molecule has 0 radical (unpaired) electrons. The van der Waals surface area contributed by atoms with Crippen LogP contribution >= 0.6 is 0 Å². The van der Waals surface area contributed by atoms with Crippen molar-refractivity contribution >= 4 is 17.3 Å². The Kier molecular flexibility index (Phi) is 7.91. The van der Waals surface area contributed by atoms with E-state index in [1.54, 1.807) is 6.07 Å². The molecule has 2 fully saturated rings. The number of carbonyl (C=O) groups excluding carboxylic acids is 1. The molecule has 0 aliphatic carbocycles. The average Bonchev–Trinajstić information content (AvgIpc) is 2.85. The third kappa shape index (κ3) is 6.30. The number of carbonyl (C=O) groups is 1. The lowest BCUT2D eigenvalue weighted by Gasteiger charge is -2.34. The second kappa shape index (κ2) is 11.2. The van der Waals surface area contributed by atoms with Crippen LogP contribution in [0.25, 0.3) is 0 Å². The summed E-state index contributed by atoms with van der Waals surface area (Å²) in [4.78, 5) is 28.4. The maximum absolute atomic E-state index is 13.0. The second-order valence-electron chi connectivity index (χ2n) is 8.79. The Balaban J connectivity index is 1.39. The number of hydrogen-bond donors (Lipinski definition) is 1. The van der Waals surface area contributed by atoms with E-state index in [1.807, 2.05) is 6.07 Å². The highest BCUT2D eigenvalue weighted by molar-refractivity contribution is 6.00. The molecule has 2 saturated heterocycles. The van der Waals surface area contributed by atoms with E-state index < -0.39 is 4.92 Å². The van der Waals surface area contributed by atoms with Crippen LogP contribution in [0.15, 0.2) is 48.5 Å². The Morgan fingerprint density at radius 1 is 1.06 bits per heavy atom. The summed E-state index contributed by atoms with van der Waals surface area (Å²) in [6.07, 6.45) is 3.12. The highest BCUT2D eigenvalue weighted by Gasteiger charge is 2.25. The number of rotatable bonds is 8. The van der Waals surface area contributed by atoms with E-state index >= 15 is 0 Å². The second-order valence-corrected chi connectivity index (χ2v) is 8.79. The third-order valence-corrected chi connectivity index (χ3v) is 6.58. The van der Waals surface area contributed by atoms with Gasteiger partial charge in [0.15, 0.2) is 0 Å². The molecule has 2 heterocycles. The smallest absolute Gasteiger partial charge is 0.270 e. The van der Waals surface area contributed by atoms with Crippen molar-refractivity contribution in [3.63, 3.8) is 0 Å². The van der Waals surface area contributed by atoms with E-state index in [2.05, 4.69) is 39.4 Å². The normalized spacial score (nSPS) is 17.6. The average molecular weight is 453 g/mol. The fourth-order valence-corrected chi connectivity index (χ4v) is 4.67. The minimum absolute atomic E-state index is 0.0592. The summed E-state index contributed by atoms with van der Waals surface area (Å²) < 4.78 is 5.36. The van der Waals surface area contributed by atoms with Gasteiger partial charge in [0.1, 0.15) is 0 Å². The van der Waals surface area contributed by atoms with Gasteiger partial charge in [-0.1, -0.05) is 30.3 Å². The zero-order valence-electron chi connectivity index (χ0n) is 18.9. The summed E-state index contributed by atoms with van der Waals surface area (Å²) in [5.74, 6) is 0.348. The van der Waals surface area contributed by atoms with Crippen LogP contribution in [0.2, 0.25) is 0 Å². The maximum Gasteiger partial charge on any atom is 0.270 e. The van der Waals surface area contributed by atoms with E-state index in [9.17, 15) is 14.9 Å². The number of ether oxygens (including phenoxy) is 1. The van der Waals surface area contributed by atoms with E-state index in [-0.39, 0.29) is 11.6 Å². The molecule has 0 saturated carbocycles. The van der Waals surface area contributed by atoms with E-state index in [4.69, 9.17) is 4.74 Å². The number of piperidine rings is 1. The largest absolute Gasteiger partial charge is 0.379 e. The van der Waals surface area contributed by atoms with Gasteiger partial charge in [0.05, 0.1) is 29.4 Å². The highest BCUT2D eigenvalue weighted by Crippen LogP contribution is 2.30. The molecule has 2 aliphatic heterocycles. The molecule has 8 heteroatoms. The first kappa shape index (κ1) is 23.2. The lowest BCUT2D eigenvalue weighted by molar-refractivity contribution is -0.384. The molecule has 33 heavy (non-hydrogen) atoms. The lowest BCUT2D eigenvalue weighted by Crippen LogP contribution is -2.41. The fraction of sp³-hybridized carbons (Fsp3) is 0.480. The maximum atomic E-state index is 13.0. The van der Waals surface area contributed by atoms with Crippen LogP contribution in [0, 0.1) is 16.0 Å². The van der Waals surface area contributed by atoms with Gasteiger partial charge < -0.3 is 15.0 Å². The number of non-ortho nitro benzene ring substituents is 1. The SMILES string of the molecule is O=C(NCCN1CCOCC1)c1cc([N+](=O)[O-])ccc1N1CCC(Cc2ccccc2)CC1. The molecular formula is C25H32N4O4. The number of morpholine rings is 1. The van der Waals surface area contributed by atoms with Crippen molar-refractivity contribution in [2.24, 2.45) is 5.92 Å². The van der Waals surface area contributed by atoms with Gasteiger partial charge in [-0.25, -0.2) is 0 Å². The van der Waals surface area contributed by atoms with Gasteiger partial charge >= 0.3 is 0 Å². The number of nitro groups is 1. The van der Waals surface area contributed by atoms with Crippen LogP contribution in [0.4, 0.5) is 11.4 Å². The molecule has 2 aliphatic rings. The Labute approximate surface area is 194 Å². The summed E-state index contributed by atoms with van der Waals surface area (Å²) in [6.45, 7) is 6.05. The first-order chi connectivity index (χ1) is 16.1. The van der Waals surface area contributed by atoms with Crippen LogP contribution in [0.1, 0.15) is 28.8 Å². The number of nitrogens with zero attached hydrogens (tertiary/aromatic N) is 3. The Morgan fingerprint density at radius 2 is 1.79 bits per heavy atom. The van der Waals surface area contributed by atoms with Gasteiger partial charge in [-0.15, -0.1) is 0 Å². The van der Waals surface area contributed by atoms with Crippen LogP contribution in [-0.4, -0.2) is 68.2 Å². The molecule has 1 N–H and O–H groups in total. The van der Waals surface area contributed by atoms with Crippen molar-refractivity contribution in [3.05, 3.63) is 69.8 Å². The zero-order chi connectivity index (χ0) is 23.0. The fourth-order valence-electron chi connectivity index (χ4n) is 4.67. The van der Waals surface area contributed by atoms with Crippen LogP contribution in [-0.2, 0) is 11.2 Å². The number of benzene rings is 2. The molecule has 0 unspecified atom stereocenters. The Bertz CT molecular complexity index is 939. The summed E-state index contributed by atoms with van der Waals surface area (Å²) in [5.41, 5.74) is 2.46. The van der Waals surface area contributed by atoms with Crippen molar-refractivity contribution in [2.75, 3.05) is 57.4 Å². The van der Waals surface area contributed by atoms with E-state index in [0.717, 1.165) is 57.7 Å². The van der Waals surface area contributed by atoms with Gasteiger partial charge in [-0.2, -0.15) is 0 Å². The summed E-state index contributed by atoms with van der Waals surface area (Å²) in [5, 5.41) is 14.3. The Hall–Kier alpha value is -2.97. The zero-order valence-corrected chi connectivity index (χ0v) is 18.9. The molecule has 2 aromatic rings. The van der Waals surface area contributed by atoms with Crippen molar-refractivity contribution in [2.45, 2.75) is 19.3 Å². The van der Waals surface area contributed by atoms with Crippen molar-refractivity contribution in [1.29, 1.82) is 0 Å². The van der Waals surface area contributed by atoms with Gasteiger partial charge in [-0.05, 0) is 36.8 Å². The van der Waals surface area contributed by atoms with Gasteiger partial charge in [0.2, 0.25) is 0 Å². The first-order valence-corrected chi connectivity index (χ1v) is 11.8. The monoisotopic (exact) mass is 452 g/mol. The summed E-state index contributed by atoms with van der Waals surface area (Å²) in [7, 11) is 0. The van der Waals surface area contributed by atoms with Crippen molar-refractivity contribution in [1.82, 2.24) is 10.2 Å². The molecular weight excluding hydrogens is 420 g/mol. The highest BCUT2D eigenvalue weighted by atomic mass is 16.6. The summed E-state index contributed by atoms with van der Waals surface area (Å²) in [6, 6.07) is 15.2. The van der Waals surface area contributed by atoms with Crippen molar-refractivity contribution in [3.8, 4) is 0 Å². The summed E-state index contributed by atoms with van der Waals surface area (Å²) >= 11 is 0. The third-order valence-electron chi connectivity index (χ3n) is 6.58. The molecule has 0 spiro atoms. The minimum atomic E-state index is -0.444. The van der Waals surface area contributed by atoms with Crippen LogP contribution < -0.4 is 10.2 Å². The van der Waals surface area contributed by atoms with Crippen LogP contribution in [0.5, 0.6) is 0 Å². The Morgan fingerprint density at radius 3 is 2.48 bits per heavy atom. The number of nitrogens with one attached hydrogen (secondary N) is 1. The molecule has 0 bridgehead atoms. The molecule has 0 aromatic heterocycles. The molecule has 4 rings (SSSR count).